The van der Waals surface area contributed by atoms with Crippen LogP contribution in [0, 0.1) is 5.92 Å². The number of hydrogen-bond donors (Lipinski definition) is 0. The van der Waals surface area contributed by atoms with E-state index in [9.17, 15) is 4.79 Å². The van der Waals surface area contributed by atoms with Gasteiger partial charge in [-0.25, -0.2) is 0 Å². The lowest BCUT2D eigenvalue weighted by molar-refractivity contribution is -0.112. The summed E-state index contributed by atoms with van der Waals surface area (Å²) >= 11 is 0. The number of aryl methyl sites for hydroxylation is 1. The lowest BCUT2D eigenvalue weighted by atomic mass is 10.0. The molecule has 1 aliphatic heterocycles. The van der Waals surface area contributed by atoms with Gasteiger partial charge in [0.05, 0.1) is 5.69 Å². The molecule has 1 aromatic rings. The van der Waals surface area contributed by atoms with Crippen molar-refractivity contribution in [3.8, 4) is 0 Å². The fourth-order valence-corrected chi connectivity index (χ4v) is 1.71. The van der Waals surface area contributed by atoms with Gasteiger partial charge in [-0.3, -0.25) is 4.68 Å². The molecule has 1 aliphatic rings. The molecule has 0 saturated carbocycles. The number of rotatable bonds is 2. The van der Waals surface area contributed by atoms with E-state index in [0.717, 1.165) is 18.4 Å². The first kappa shape index (κ1) is 8.44. The van der Waals surface area contributed by atoms with E-state index in [1.807, 2.05) is 13.1 Å². The number of aldehydes is 1. The number of aromatic nitrogens is 2. The Kier molecular flexibility index (Phi) is 2.14. The second-order valence-electron chi connectivity index (χ2n) is 3.26. The molecule has 0 unspecified atom stereocenters. The van der Waals surface area contributed by atoms with Crippen LogP contribution in [0.4, 0.5) is 0 Å². The van der Waals surface area contributed by atoms with Crippen molar-refractivity contribution in [1.82, 2.24) is 9.78 Å². The third-order valence-electron chi connectivity index (χ3n) is 2.46. The molecule has 0 amide bonds. The first-order chi connectivity index (χ1) is 6.33. The summed E-state index contributed by atoms with van der Waals surface area (Å²) in [5, 5.41) is 4.05. The molecule has 2 atom stereocenters. The minimum absolute atomic E-state index is 0.00426. The van der Waals surface area contributed by atoms with Crippen LogP contribution < -0.4 is 0 Å². The summed E-state index contributed by atoms with van der Waals surface area (Å²) in [6, 6.07) is 1.90. The lowest BCUT2D eigenvalue weighted by Crippen LogP contribution is -2.12. The van der Waals surface area contributed by atoms with Crippen LogP contribution in [-0.4, -0.2) is 22.7 Å². The minimum Gasteiger partial charge on any atom is -0.371 e. The van der Waals surface area contributed by atoms with Crippen molar-refractivity contribution >= 4 is 6.29 Å². The molecule has 0 aliphatic carbocycles. The third kappa shape index (κ3) is 1.37. The molecule has 1 fully saturated rings. The Morgan fingerprint density at radius 3 is 3.23 bits per heavy atom. The highest BCUT2D eigenvalue weighted by atomic mass is 16.5. The maximum absolute atomic E-state index is 10.7. The van der Waals surface area contributed by atoms with E-state index in [4.69, 9.17) is 4.74 Å². The van der Waals surface area contributed by atoms with Crippen molar-refractivity contribution in [2.75, 3.05) is 6.61 Å². The van der Waals surface area contributed by atoms with Gasteiger partial charge >= 0.3 is 0 Å². The van der Waals surface area contributed by atoms with E-state index >= 15 is 0 Å². The lowest BCUT2D eigenvalue weighted by Gasteiger charge is -2.13. The van der Waals surface area contributed by atoms with Crippen molar-refractivity contribution in [2.24, 2.45) is 13.0 Å². The van der Waals surface area contributed by atoms with Crippen LogP contribution in [0.2, 0.25) is 0 Å². The number of ether oxygens (including phenoxy) is 1. The number of nitrogens with zero attached hydrogens (tertiary/aromatic N) is 2. The van der Waals surface area contributed by atoms with Crippen LogP contribution in [0.25, 0.3) is 0 Å². The van der Waals surface area contributed by atoms with Crippen LogP contribution >= 0.6 is 0 Å². The van der Waals surface area contributed by atoms with Crippen molar-refractivity contribution in [1.29, 1.82) is 0 Å². The van der Waals surface area contributed by atoms with Crippen LogP contribution in [0.5, 0.6) is 0 Å². The van der Waals surface area contributed by atoms with Crippen LogP contribution in [0.1, 0.15) is 18.2 Å². The molecule has 0 aromatic carbocycles. The summed E-state index contributed by atoms with van der Waals surface area (Å²) in [5.41, 5.74) is 0.981. The molecule has 2 heterocycles. The maximum Gasteiger partial charge on any atom is 0.126 e. The zero-order chi connectivity index (χ0) is 9.26. The molecule has 4 heteroatoms. The van der Waals surface area contributed by atoms with Gasteiger partial charge in [0.2, 0.25) is 0 Å². The molecule has 0 N–H and O–H groups in total. The van der Waals surface area contributed by atoms with Crippen LogP contribution in [0.3, 0.4) is 0 Å². The molecule has 1 aromatic heterocycles. The van der Waals surface area contributed by atoms with Gasteiger partial charge in [-0.15, -0.1) is 0 Å². The van der Waals surface area contributed by atoms with E-state index in [1.54, 1.807) is 10.9 Å². The molecule has 0 spiro atoms. The Bertz CT molecular complexity index is 308. The molecule has 0 bridgehead atoms. The molecule has 2 rings (SSSR count). The largest absolute Gasteiger partial charge is 0.371 e. The second-order valence-corrected chi connectivity index (χ2v) is 3.26. The zero-order valence-corrected chi connectivity index (χ0v) is 7.51. The average Bonchev–Trinajstić information content (AvgIpc) is 2.71. The average molecular weight is 180 g/mol. The van der Waals surface area contributed by atoms with Gasteiger partial charge in [0.15, 0.2) is 0 Å². The first-order valence-electron chi connectivity index (χ1n) is 4.37. The molecule has 13 heavy (non-hydrogen) atoms. The Balaban J connectivity index is 2.25. The van der Waals surface area contributed by atoms with Gasteiger partial charge in [0, 0.05) is 25.8 Å². The summed E-state index contributed by atoms with van der Waals surface area (Å²) in [7, 11) is 1.86. The highest BCUT2D eigenvalue weighted by Gasteiger charge is 2.30. The number of hydrogen-bond acceptors (Lipinski definition) is 3. The molecule has 4 nitrogen and oxygen atoms in total. The smallest absolute Gasteiger partial charge is 0.126 e. The zero-order valence-electron chi connectivity index (χ0n) is 7.51. The predicted octanol–water partition coefficient (Wildman–Crippen LogP) is 0.697. The van der Waals surface area contributed by atoms with Gasteiger partial charge in [0.1, 0.15) is 12.4 Å². The quantitative estimate of drug-likeness (QED) is 0.629. The molecule has 70 valence electrons. The highest BCUT2D eigenvalue weighted by Crippen LogP contribution is 2.32. The van der Waals surface area contributed by atoms with E-state index in [-0.39, 0.29) is 12.0 Å². The second kappa shape index (κ2) is 3.30. The molecule has 1 saturated heterocycles. The van der Waals surface area contributed by atoms with Gasteiger partial charge in [-0.1, -0.05) is 0 Å². The highest BCUT2D eigenvalue weighted by molar-refractivity contribution is 5.55. The van der Waals surface area contributed by atoms with Gasteiger partial charge in [0.25, 0.3) is 0 Å². The Labute approximate surface area is 76.5 Å². The van der Waals surface area contributed by atoms with Crippen molar-refractivity contribution in [2.45, 2.75) is 12.5 Å². The van der Waals surface area contributed by atoms with E-state index in [2.05, 4.69) is 5.10 Å². The normalized spacial score (nSPS) is 27.8. The summed E-state index contributed by atoms with van der Waals surface area (Å²) < 4.78 is 7.25. The molecule has 0 radical (unpaired) electrons. The Morgan fingerprint density at radius 2 is 2.62 bits per heavy atom. The minimum atomic E-state index is -0.0926. The first-order valence-corrected chi connectivity index (χ1v) is 4.37. The van der Waals surface area contributed by atoms with E-state index in [1.165, 1.54) is 0 Å². The van der Waals surface area contributed by atoms with E-state index < -0.39 is 0 Å². The maximum atomic E-state index is 10.7. The topological polar surface area (TPSA) is 44.1 Å². The standard InChI is InChI=1S/C9H12N2O2/c1-11-8(2-4-10-11)9-7(6-12)3-5-13-9/h2,4,6-7,9H,3,5H2,1H3/t7-,9-/m0/s1. The summed E-state index contributed by atoms with van der Waals surface area (Å²) in [4.78, 5) is 10.7. The Hall–Kier alpha value is -1.16. The number of carbonyl (C=O) groups is 1. The number of carbonyl (C=O) groups excluding carboxylic acids is 1. The molecular formula is C9H12N2O2. The molecular weight excluding hydrogens is 168 g/mol. The van der Waals surface area contributed by atoms with Crippen LogP contribution in [-0.2, 0) is 16.6 Å². The van der Waals surface area contributed by atoms with Crippen LogP contribution in [0.15, 0.2) is 12.3 Å². The van der Waals surface area contributed by atoms with Gasteiger partial charge in [-0.2, -0.15) is 5.10 Å². The fraction of sp³-hybridized carbons (Fsp3) is 0.556. The predicted molar refractivity (Wildman–Crippen MR) is 46.1 cm³/mol. The van der Waals surface area contributed by atoms with Crippen molar-refractivity contribution in [3.05, 3.63) is 18.0 Å². The SMILES string of the molecule is Cn1nccc1[C@H]1OCC[C@H]1C=O. The summed E-state index contributed by atoms with van der Waals surface area (Å²) in [6.45, 7) is 0.666. The summed E-state index contributed by atoms with van der Waals surface area (Å²) in [6.07, 6.45) is 3.42. The fourth-order valence-electron chi connectivity index (χ4n) is 1.71. The summed E-state index contributed by atoms with van der Waals surface area (Å²) in [5.74, 6) is -0.00426. The van der Waals surface area contributed by atoms with Gasteiger partial charge < -0.3 is 9.53 Å². The van der Waals surface area contributed by atoms with Crippen molar-refractivity contribution < 1.29 is 9.53 Å². The Morgan fingerprint density at radius 1 is 1.77 bits per heavy atom. The van der Waals surface area contributed by atoms with E-state index in [0.29, 0.717) is 6.61 Å². The van der Waals surface area contributed by atoms with Crippen molar-refractivity contribution in [3.63, 3.8) is 0 Å². The third-order valence-corrected chi connectivity index (χ3v) is 2.46. The van der Waals surface area contributed by atoms with Gasteiger partial charge in [-0.05, 0) is 12.5 Å². The monoisotopic (exact) mass is 180 g/mol.